The number of aromatic nitrogens is 2. The Morgan fingerprint density at radius 3 is 2.80 bits per heavy atom. The molecule has 0 spiro atoms. The lowest BCUT2D eigenvalue weighted by Gasteiger charge is -2.36. The Bertz CT molecular complexity index is 432. The first-order chi connectivity index (χ1) is 9.73. The first-order valence-electron chi connectivity index (χ1n) is 7.92. The van der Waals surface area contributed by atoms with E-state index in [0.717, 1.165) is 50.0 Å². The van der Waals surface area contributed by atoms with E-state index in [4.69, 9.17) is 9.26 Å². The minimum Gasteiger partial charge on any atom is -0.367 e. The number of rotatable bonds is 4. The molecule has 1 aliphatic carbocycles. The smallest absolute Gasteiger partial charge is 0.231 e. The molecular weight excluding hydrogens is 254 g/mol. The first kappa shape index (κ1) is 14.0. The van der Waals surface area contributed by atoms with Crippen LogP contribution in [0.4, 0.5) is 0 Å². The third-order valence-corrected chi connectivity index (χ3v) is 4.76. The molecule has 1 aliphatic heterocycles. The highest BCUT2D eigenvalue weighted by atomic mass is 16.5. The quantitative estimate of drug-likeness (QED) is 0.918. The van der Waals surface area contributed by atoms with Gasteiger partial charge in [-0.25, -0.2) is 0 Å². The second-order valence-electron chi connectivity index (χ2n) is 6.26. The van der Waals surface area contributed by atoms with Gasteiger partial charge >= 0.3 is 0 Å². The molecule has 0 bridgehead atoms. The van der Waals surface area contributed by atoms with Crippen LogP contribution in [0.2, 0.25) is 0 Å². The van der Waals surface area contributed by atoms with Crippen LogP contribution >= 0.6 is 0 Å². The van der Waals surface area contributed by atoms with Crippen molar-refractivity contribution in [3.05, 3.63) is 11.7 Å². The zero-order chi connectivity index (χ0) is 14.0. The molecule has 5 nitrogen and oxygen atoms in total. The van der Waals surface area contributed by atoms with Crippen molar-refractivity contribution in [1.29, 1.82) is 0 Å². The Kier molecular flexibility index (Phi) is 4.08. The maximum absolute atomic E-state index is 6.08. The third-order valence-electron chi connectivity index (χ3n) is 4.76. The molecule has 20 heavy (non-hydrogen) atoms. The fourth-order valence-corrected chi connectivity index (χ4v) is 3.39. The van der Waals surface area contributed by atoms with Gasteiger partial charge in [-0.2, -0.15) is 4.98 Å². The van der Waals surface area contributed by atoms with E-state index in [9.17, 15) is 0 Å². The molecule has 2 fully saturated rings. The summed E-state index contributed by atoms with van der Waals surface area (Å²) < 4.78 is 11.6. The Morgan fingerprint density at radius 2 is 2.15 bits per heavy atom. The second-order valence-corrected chi connectivity index (χ2v) is 6.26. The highest BCUT2D eigenvalue weighted by Gasteiger charge is 2.41. The lowest BCUT2D eigenvalue weighted by Crippen LogP contribution is -2.35. The highest BCUT2D eigenvalue weighted by molar-refractivity contribution is 5.07. The van der Waals surface area contributed by atoms with Crippen LogP contribution in [-0.2, 0) is 10.3 Å². The fourth-order valence-electron chi connectivity index (χ4n) is 3.39. The Morgan fingerprint density at radius 1 is 1.35 bits per heavy atom. The van der Waals surface area contributed by atoms with Gasteiger partial charge in [0.15, 0.2) is 0 Å². The predicted octanol–water partition coefficient (Wildman–Crippen LogP) is 2.59. The Labute approximate surface area is 120 Å². The molecule has 3 rings (SSSR count). The zero-order valence-electron chi connectivity index (χ0n) is 12.5. The average molecular weight is 279 g/mol. The summed E-state index contributed by atoms with van der Waals surface area (Å²) in [5, 5.41) is 7.60. The van der Waals surface area contributed by atoms with Crippen molar-refractivity contribution in [3.8, 4) is 0 Å². The molecular formula is C15H25N3O2. The van der Waals surface area contributed by atoms with Crippen LogP contribution in [-0.4, -0.2) is 29.8 Å². The summed E-state index contributed by atoms with van der Waals surface area (Å²) in [5.41, 5.74) is -0.310. The van der Waals surface area contributed by atoms with Gasteiger partial charge in [-0.15, -0.1) is 0 Å². The van der Waals surface area contributed by atoms with Crippen LogP contribution in [0.1, 0.15) is 63.6 Å². The molecule has 1 aromatic heterocycles. The normalized spacial score (nSPS) is 34.5. The van der Waals surface area contributed by atoms with E-state index in [2.05, 4.69) is 22.4 Å². The molecule has 112 valence electrons. The van der Waals surface area contributed by atoms with Gasteiger partial charge in [0.1, 0.15) is 5.60 Å². The van der Waals surface area contributed by atoms with Crippen LogP contribution in [0.25, 0.3) is 0 Å². The van der Waals surface area contributed by atoms with E-state index in [1.165, 1.54) is 12.8 Å². The molecule has 1 atom stereocenters. The van der Waals surface area contributed by atoms with E-state index >= 15 is 0 Å². The van der Waals surface area contributed by atoms with E-state index in [0.29, 0.717) is 12.5 Å². The SMILES string of the molecule is CCOC1(c2noc(C3CCNC3)n2)CCC(C)CC1. The van der Waals surface area contributed by atoms with Crippen molar-refractivity contribution in [2.24, 2.45) is 5.92 Å². The summed E-state index contributed by atoms with van der Waals surface area (Å²) in [6, 6.07) is 0. The average Bonchev–Trinajstić information content (AvgIpc) is 3.12. The molecule has 2 aliphatic rings. The van der Waals surface area contributed by atoms with Crippen molar-refractivity contribution in [3.63, 3.8) is 0 Å². The number of hydrogen-bond acceptors (Lipinski definition) is 5. The maximum atomic E-state index is 6.08. The van der Waals surface area contributed by atoms with Gasteiger partial charge in [0.25, 0.3) is 0 Å². The van der Waals surface area contributed by atoms with Gasteiger partial charge in [0, 0.05) is 13.2 Å². The molecule has 2 heterocycles. The molecule has 1 unspecified atom stereocenters. The Hall–Kier alpha value is -0.940. The number of ether oxygens (including phenoxy) is 1. The first-order valence-corrected chi connectivity index (χ1v) is 7.92. The lowest BCUT2D eigenvalue weighted by molar-refractivity contribution is -0.0847. The largest absolute Gasteiger partial charge is 0.367 e. The summed E-state index contributed by atoms with van der Waals surface area (Å²) in [6.45, 7) is 7.03. The summed E-state index contributed by atoms with van der Waals surface area (Å²) in [7, 11) is 0. The monoisotopic (exact) mass is 279 g/mol. The van der Waals surface area contributed by atoms with Crippen LogP contribution in [0.5, 0.6) is 0 Å². The minimum atomic E-state index is -0.310. The molecule has 1 aromatic rings. The van der Waals surface area contributed by atoms with E-state index in [1.807, 2.05) is 6.92 Å². The molecule has 1 N–H and O–H groups in total. The van der Waals surface area contributed by atoms with Gasteiger partial charge < -0.3 is 14.6 Å². The highest BCUT2D eigenvalue weighted by Crippen LogP contribution is 2.41. The number of hydrogen-bond donors (Lipinski definition) is 1. The van der Waals surface area contributed by atoms with E-state index in [-0.39, 0.29) is 5.60 Å². The minimum absolute atomic E-state index is 0.310. The van der Waals surface area contributed by atoms with E-state index < -0.39 is 0 Å². The topological polar surface area (TPSA) is 60.2 Å². The van der Waals surface area contributed by atoms with Crippen molar-refractivity contribution in [2.75, 3.05) is 19.7 Å². The fraction of sp³-hybridized carbons (Fsp3) is 0.867. The second kappa shape index (κ2) is 5.82. The molecule has 5 heteroatoms. The van der Waals surface area contributed by atoms with Gasteiger partial charge in [-0.05, 0) is 51.5 Å². The van der Waals surface area contributed by atoms with Gasteiger partial charge in [0.05, 0.1) is 5.92 Å². The standard InChI is InChI=1S/C15H25N3O2/c1-3-19-15(7-4-11(2)5-8-15)14-17-13(20-18-14)12-6-9-16-10-12/h11-12,16H,3-10H2,1-2H3. The van der Waals surface area contributed by atoms with Gasteiger partial charge in [0.2, 0.25) is 11.7 Å². The summed E-state index contributed by atoms with van der Waals surface area (Å²) in [6.07, 6.45) is 5.44. The summed E-state index contributed by atoms with van der Waals surface area (Å²) in [5.74, 6) is 2.70. The molecule has 0 aromatic carbocycles. The molecule has 1 saturated carbocycles. The van der Waals surface area contributed by atoms with Gasteiger partial charge in [-0.3, -0.25) is 0 Å². The molecule has 1 saturated heterocycles. The van der Waals surface area contributed by atoms with Crippen molar-refractivity contribution < 1.29 is 9.26 Å². The van der Waals surface area contributed by atoms with E-state index in [1.54, 1.807) is 0 Å². The van der Waals surface area contributed by atoms with Gasteiger partial charge in [-0.1, -0.05) is 12.1 Å². The Balaban J connectivity index is 1.80. The van der Waals surface area contributed by atoms with Crippen molar-refractivity contribution in [2.45, 2.75) is 57.5 Å². The summed E-state index contributed by atoms with van der Waals surface area (Å²) >= 11 is 0. The number of nitrogens with one attached hydrogen (secondary N) is 1. The predicted molar refractivity (Wildman–Crippen MR) is 75.5 cm³/mol. The van der Waals surface area contributed by atoms with Crippen molar-refractivity contribution >= 4 is 0 Å². The lowest BCUT2D eigenvalue weighted by atomic mass is 9.79. The summed E-state index contributed by atoms with van der Waals surface area (Å²) in [4.78, 5) is 4.69. The molecule has 0 radical (unpaired) electrons. The maximum Gasteiger partial charge on any atom is 0.231 e. The van der Waals surface area contributed by atoms with Crippen LogP contribution in [0, 0.1) is 5.92 Å². The zero-order valence-corrected chi connectivity index (χ0v) is 12.5. The molecule has 0 amide bonds. The van der Waals surface area contributed by atoms with Crippen molar-refractivity contribution in [1.82, 2.24) is 15.5 Å². The van der Waals surface area contributed by atoms with Crippen LogP contribution < -0.4 is 5.32 Å². The van der Waals surface area contributed by atoms with Crippen LogP contribution in [0.3, 0.4) is 0 Å². The third kappa shape index (κ3) is 2.61. The number of nitrogens with zero attached hydrogens (tertiary/aromatic N) is 2. The van der Waals surface area contributed by atoms with Crippen LogP contribution in [0.15, 0.2) is 4.52 Å².